The Kier molecular flexibility index (Phi) is 3.99. The fourth-order valence-corrected chi connectivity index (χ4v) is 3.84. The average Bonchev–Trinajstić information content (AvgIpc) is 2.82. The summed E-state index contributed by atoms with van der Waals surface area (Å²) in [7, 11) is 0. The zero-order valence-corrected chi connectivity index (χ0v) is 14.2. The summed E-state index contributed by atoms with van der Waals surface area (Å²) >= 11 is 0. The molecule has 0 aromatic heterocycles. The number of carbonyl (C=O) groups is 4. The fourth-order valence-electron chi connectivity index (χ4n) is 3.84. The summed E-state index contributed by atoms with van der Waals surface area (Å²) in [6, 6.07) is 4.43. The van der Waals surface area contributed by atoms with E-state index in [1.165, 1.54) is 0 Å². The molecule has 0 bridgehead atoms. The molecule has 26 heavy (non-hydrogen) atoms. The number of amides is 4. The number of rotatable bonds is 4. The Balaban J connectivity index is 1.53. The van der Waals surface area contributed by atoms with E-state index in [0.29, 0.717) is 29.6 Å². The van der Waals surface area contributed by atoms with Gasteiger partial charge in [0.25, 0.3) is 11.8 Å². The van der Waals surface area contributed by atoms with Crippen molar-refractivity contribution in [1.82, 2.24) is 10.2 Å². The molecular formula is C18H20N4O4. The van der Waals surface area contributed by atoms with Crippen LogP contribution in [0, 0.1) is 5.92 Å². The molecule has 136 valence electrons. The van der Waals surface area contributed by atoms with Crippen molar-refractivity contribution in [1.29, 1.82) is 0 Å². The van der Waals surface area contributed by atoms with Gasteiger partial charge in [-0.2, -0.15) is 0 Å². The summed E-state index contributed by atoms with van der Waals surface area (Å²) in [6.07, 6.45) is 2.25. The van der Waals surface area contributed by atoms with Crippen LogP contribution in [0.3, 0.4) is 0 Å². The number of hydrogen-bond acceptors (Lipinski definition) is 6. The number of nitrogens with zero attached hydrogens (tertiary/aromatic N) is 1. The van der Waals surface area contributed by atoms with Crippen LogP contribution in [0.15, 0.2) is 18.2 Å². The van der Waals surface area contributed by atoms with E-state index in [4.69, 9.17) is 5.73 Å². The smallest absolute Gasteiger partial charge is 0.262 e. The van der Waals surface area contributed by atoms with Crippen LogP contribution in [-0.4, -0.2) is 47.2 Å². The molecule has 0 spiro atoms. The molecule has 8 nitrogen and oxygen atoms in total. The molecule has 8 heteroatoms. The predicted octanol–water partition coefficient (Wildman–Crippen LogP) is 0.237. The third-order valence-corrected chi connectivity index (χ3v) is 5.38. The third kappa shape index (κ3) is 2.66. The van der Waals surface area contributed by atoms with Crippen molar-refractivity contribution in [3.8, 4) is 0 Å². The number of benzene rings is 1. The normalized spacial score (nSPS) is 27.9. The van der Waals surface area contributed by atoms with E-state index < -0.39 is 23.8 Å². The first-order chi connectivity index (χ1) is 12.5. The Hall–Kier alpha value is -2.74. The maximum atomic E-state index is 12.7. The zero-order valence-electron chi connectivity index (χ0n) is 14.2. The van der Waals surface area contributed by atoms with Gasteiger partial charge < -0.3 is 11.1 Å². The minimum atomic E-state index is -0.937. The maximum absolute atomic E-state index is 12.7. The molecule has 1 unspecified atom stereocenters. The van der Waals surface area contributed by atoms with E-state index in [1.807, 2.05) is 0 Å². The van der Waals surface area contributed by atoms with Crippen LogP contribution in [0.25, 0.3) is 0 Å². The molecule has 2 heterocycles. The Bertz CT molecular complexity index is 815. The van der Waals surface area contributed by atoms with Gasteiger partial charge in [-0.05, 0) is 49.9 Å². The summed E-state index contributed by atoms with van der Waals surface area (Å²) < 4.78 is 0. The van der Waals surface area contributed by atoms with Crippen molar-refractivity contribution >= 4 is 29.3 Å². The van der Waals surface area contributed by atoms with Crippen LogP contribution in [0.5, 0.6) is 0 Å². The minimum Gasteiger partial charge on any atom is -0.382 e. The van der Waals surface area contributed by atoms with Crippen molar-refractivity contribution in [2.75, 3.05) is 11.9 Å². The van der Waals surface area contributed by atoms with Gasteiger partial charge in [0.2, 0.25) is 11.8 Å². The van der Waals surface area contributed by atoms with Crippen LogP contribution in [-0.2, 0) is 9.59 Å². The Morgan fingerprint density at radius 1 is 1.12 bits per heavy atom. The highest BCUT2D eigenvalue weighted by atomic mass is 16.2. The average molecular weight is 356 g/mol. The molecule has 1 aromatic rings. The lowest BCUT2D eigenvalue weighted by Crippen LogP contribution is -2.54. The molecule has 1 aromatic carbocycles. The molecule has 2 aliphatic heterocycles. The first-order valence-electron chi connectivity index (χ1n) is 8.80. The predicted molar refractivity (Wildman–Crippen MR) is 92.3 cm³/mol. The summed E-state index contributed by atoms with van der Waals surface area (Å²) in [5.74, 6) is -1.43. The highest BCUT2D eigenvalue weighted by Gasteiger charge is 2.44. The molecule has 1 saturated heterocycles. The molecule has 1 saturated carbocycles. The number of fused-ring (bicyclic) bond motifs is 1. The van der Waals surface area contributed by atoms with Gasteiger partial charge >= 0.3 is 0 Å². The van der Waals surface area contributed by atoms with Gasteiger partial charge in [0, 0.05) is 18.2 Å². The lowest BCUT2D eigenvalue weighted by molar-refractivity contribution is -0.136. The number of carbonyl (C=O) groups excluding carboxylic acids is 4. The van der Waals surface area contributed by atoms with Gasteiger partial charge in [-0.3, -0.25) is 29.4 Å². The molecule has 0 radical (unpaired) electrons. The minimum absolute atomic E-state index is 0.112. The van der Waals surface area contributed by atoms with Gasteiger partial charge in [-0.25, -0.2) is 0 Å². The first-order valence-corrected chi connectivity index (χ1v) is 8.80. The van der Waals surface area contributed by atoms with Gasteiger partial charge in [0.15, 0.2) is 0 Å². The highest BCUT2D eigenvalue weighted by Crippen LogP contribution is 2.32. The van der Waals surface area contributed by atoms with Crippen LogP contribution in [0.4, 0.5) is 5.69 Å². The molecule has 1 atom stereocenters. The topological polar surface area (TPSA) is 122 Å². The number of anilines is 1. The second kappa shape index (κ2) is 6.21. The third-order valence-electron chi connectivity index (χ3n) is 5.38. The van der Waals surface area contributed by atoms with Crippen molar-refractivity contribution in [2.24, 2.45) is 11.7 Å². The molecule has 2 fully saturated rings. The Morgan fingerprint density at radius 3 is 2.54 bits per heavy atom. The number of piperidine rings is 1. The van der Waals surface area contributed by atoms with E-state index in [2.05, 4.69) is 10.6 Å². The van der Waals surface area contributed by atoms with E-state index in [9.17, 15) is 19.2 Å². The first kappa shape index (κ1) is 16.7. The number of nitrogens with two attached hydrogens (primary N) is 1. The van der Waals surface area contributed by atoms with Crippen LogP contribution in [0.1, 0.15) is 46.4 Å². The Morgan fingerprint density at radius 2 is 1.85 bits per heavy atom. The molecule has 4 N–H and O–H groups in total. The number of imide groups is 2. The summed E-state index contributed by atoms with van der Waals surface area (Å²) in [5, 5.41) is 5.55. The van der Waals surface area contributed by atoms with Crippen LogP contribution < -0.4 is 16.4 Å². The van der Waals surface area contributed by atoms with Gasteiger partial charge in [0.05, 0.1) is 11.1 Å². The van der Waals surface area contributed by atoms with Gasteiger partial charge in [-0.15, -0.1) is 0 Å². The lowest BCUT2D eigenvalue weighted by atomic mass is 9.80. The van der Waals surface area contributed by atoms with Gasteiger partial charge in [-0.1, -0.05) is 0 Å². The largest absolute Gasteiger partial charge is 0.382 e. The van der Waals surface area contributed by atoms with Crippen LogP contribution >= 0.6 is 0 Å². The summed E-state index contributed by atoms with van der Waals surface area (Å²) in [6.45, 7) is 0.677. The highest BCUT2D eigenvalue weighted by molar-refractivity contribution is 6.23. The monoisotopic (exact) mass is 356 g/mol. The van der Waals surface area contributed by atoms with Crippen molar-refractivity contribution in [3.05, 3.63) is 29.3 Å². The zero-order chi connectivity index (χ0) is 18.4. The van der Waals surface area contributed by atoms with E-state index in [1.54, 1.807) is 18.2 Å². The molecular weight excluding hydrogens is 336 g/mol. The van der Waals surface area contributed by atoms with Crippen molar-refractivity contribution in [3.63, 3.8) is 0 Å². The second-order valence-electron chi connectivity index (χ2n) is 7.12. The Labute approximate surface area is 150 Å². The maximum Gasteiger partial charge on any atom is 0.262 e. The standard InChI is InChI=1S/C18H20N4O4/c19-8-9-5-11(6-9)20-10-1-2-12-13(7-10)18(26)22(17(12)25)14-3-4-15(23)21-16(14)24/h1-2,7,9,11,14,20H,3-6,8,19H2,(H,21,23,24). The van der Waals surface area contributed by atoms with Crippen LogP contribution in [0.2, 0.25) is 0 Å². The lowest BCUT2D eigenvalue weighted by Gasteiger charge is -2.35. The fraction of sp³-hybridized carbons (Fsp3) is 0.444. The molecule has 4 amide bonds. The molecule has 3 aliphatic rings. The quantitative estimate of drug-likeness (QED) is 0.664. The summed E-state index contributed by atoms with van der Waals surface area (Å²) in [5.41, 5.74) is 6.99. The summed E-state index contributed by atoms with van der Waals surface area (Å²) in [4.78, 5) is 49.7. The van der Waals surface area contributed by atoms with E-state index in [0.717, 1.165) is 23.4 Å². The van der Waals surface area contributed by atoms with Crippen molar-refractivity contribution in [2.45, 2.75) is 37.8 Å². The number of hydrogen-bond donors (Lipinski definition) is 3. The van der Waals surface area contributed by atoms with Crippen molar-refractivity contribution < 1.29 is 19.2 Å². The second-order valence-corrected chi connectivity index (χ2v) is 7.12. The molecule has 4 rings (SSSR count). The van der Waals surface area contributed by atoms with Gasteiger partial charge in [0.1, 0.15) is 6.04 Å². The SMILES string of the molecule is NCC1CC(Nc2ccc3c(c2)C(=O)N(C2CCC(=O)NC2=O)C3=O)C1. The van der Waals surface area contributed by atoms with E-state index >= 15 is 0 Å². The number of nitrogens with one attached hydrogen (secondary N) is 2. The van der Waals surface area contributed by atoms with E-state index in [-0.39, 0.29) is 18.7 Å². The molecule has 1 aliphatic carbocycles.